The predicted molar refractivity (Wildman–Crippen MR) is 99.2 cm³/mol. The molecule has 1 fully saturated rings. The highest BCUT2D eigenvalue weighted by atomic mass is 127. The quantitative estimate of drug-likeness (QED) is 0.287. The fraction of sp³-hybridized carbons (Fsp3) is 0.933. The lowest BCUT2D eigenvalue weighted by atomic mass is 10.2. The third-order valence-electron chi connectivity index (χ3n) is 4.00. The van der Waals surface area contributed by atoms with Gasteiger partial charge in [-0.1, -0.05) is 32.6 Å². The number of aliphatic imine (C=N–C) groups is 1. The van der Waals surface area contributed by atoms with E-state index in [9.17, 15) is 0 Å². The Morgan fingerprint density at radius 1 is 1.15 bits per heavy atom. The Balaban J connectivity index is 0.00000361. The summed E-state index contributed by atoms with van der Waals surface area (Å²) in [5, 5.41) is 6.77. The number of likely N-dealkylation sites (N-methyl/N-ethyl adjacent to an activating group) is 1. The zero-order valence-corrected chi connectivity index (χ0v) is 15.8. The third-order valence-corrected chi connectivity index (χ3v) is 4.00. The number of hydrogen-bond donors (Lipinski definition) is 2. The lowest BCUT2D eigenvalue weighted by Gasteiger charge is -2.24. The fourth-order valence-corrected chi connectivity index (χ4v) is 2.68. The van der Waals surface area contributed by atoms with Crippen LogP contribution in [0.5, 0.6) is 0 Å². The molecule has 4 nitrogen and oxygen atoms in total. The number of rotatable bonds is 8. The zero-order valence-electron chi connectivity index (χ0n) is 13.5. The minimum Gasteiger partial charge on any atom is -0.356 e. The van der Waals surface area contributed by atoms with Crippen molar-refractivity contribution >= 4 is 29.9 Å². The molecule has 0 bridgehead atoms. The summed E-state index contributed by atoms with van der Waals surface area (Å²) >= 11 is 0. The summed E-state index contributed by atoms with van der Waals surface area (Å²) in [5.74, 6) is 0.941. The van der Waals surface area contributed by atoms with Gasteiger partial charge in [0.25, 0.3) is 0 Å². The van der Waals surface area contributed by atoms with Crippen LogP contribution in [0.3, 0.4) is 0 Å². The zero-order chi connectivity index (χ0) is 13.9. The lowest BCUT2D eigenvalue weighted by Crippen LogP contribution is -2.42. The van der Waals surface area contributed by atoms with Gasteiger partial charge >= 0.3 is 0 Å². The van der Waals surface area contributed by atoms with E-state index in [1.807, 2.05) is 7.05 Å². The number of guanidine groups is 1. The van der Waals surface area contributed by atoms with E-state index in [0.29, 0.717) is 0 Å². The molecule has 1 aliphatic carbocycles. The van der Waals surface area contributed by atoms with E-state index in [2.05, 4.69) is 34.5 Å². The molecular weight excluding hydrogens is 363 g/mol. The Morgan fingerprint density at radius 3 is 2.40 bits per heavy atom. The molecule has 2 N–H and O–H groups in total. The maximum Gasteiger partial charge on any atom is 0.191 e. The van der Waals surface area contributed by atoms with Crippen LogP contribution >= 0.6 is 24.0 Å². The normalized spacial score (nSPS) is 16.3. The van der Waals surface area contributed by atoms with Crippen LogP contribution < -0.4 is 10.6 Å². The number of unbranched alkanes of at least 4 members (excludes halogenated alkanes) is 2. The number of halogens is 1. The molecule has 0 amide bonds. The van der Waals surface area contributed by atoms with Crippen molar-refractivity contribution in [3.63, 3.8) is 0 Å². The van der Waals surface area contributed by atoms with Crippen molar-refractivity contribution in [2.45, 2.75) is 57.9 Å². The van der Waals surface area contributed by atoms with Gasteiger partial charge in [0, 0.05) is 32.7 Å². The minimum absolute atomic E-state index is 0. The summed E-state index contributed by atoms with van der Waals surface area (Å²) in [6.07, 6.45) is 9.33. The minimum atomic E-state index is 0. The molecule has 1 saturated carbocycles. The van der Waals surface area contributed by atoms with Crippen molar-refractivity contribution in [3.8, 4) is 0 Å². The number of hydrogen-bond acceptors (Lipinski definition) is 2. The van der Waals surface area contributed by atoms with Gasteiger partial charge in [0.1, 0.15) is 0 Å². The lowest BCUT2D eigenvalue weighted by molar-refractivity contribution is 0.249. The molecule has 0 aromatic rings. The van der Waals surface area contributed by atoms with Crippen molar-refractivity contribution in [2.24, 2.45) is 4.99 Å². The second-order valence-electron chi connectivity index (χ2n) is 5.55. The molecule has 0 radical (unpaired) electrons. The van der Waals surface area contributed by atoms with E-state index in [1.54, 1.807) is 0 Å². The SMILES string of the molecule is CCCCCNC(=NC)NCCN(C)C1CCCC1.I. The fourth-order valence-electron chi connectivity index (χ4n) is 2.68. The molecule has 0 aliphatic heterocycles. The highest BCUT2D eigenvalue weighted by molar-refractivity contribution is 14.0. The first kappa shape index (κ1) is 20.0. The summed E-state index contributed by atoms with van der Waals surface area (Å²) in [4.78, 5) is 6.75. The van der Waals surface area contributed by atoms with Crippen molar-refractivity contribution < 1.29 is 0 Å². The first-order valence-corrected chi connectivity index (χ1v) is 7.92. The van der Waals surface area contributed by atoms with E-state index < -0.39 is 0 Å². The molecule has 0 aromatic carbocycles. The number of nitrogens with zero attached hydrogens (tertiary/aromatic N) is 2. The molecular formula is C15H33IN4. The van der Waals surface area contributed by atoms with Crippen LogP contribution in [0.2, 0.25) is 0 Å². The first-order valence-electron chi connectivity index (χ1n) is 7.92. The van der Waals surface area contributed by atoms with Crippen molar-refractivity contribution in [1.29, 1.82) is 0 Å². The standard InChI is InChI=1S/C15H32N4.HI/c1-4-5-8-11-17-15(16-2)18-12-13-19(3)14-9-6-7-10-14;/h14H,4-13H2,1-3H3,(H2,16,17,18);1H. The monoisotopic (exact) mass is 396 g/mol. The Kier molecular flexibility index (Phi) is 12.7. The van der Waals surface area contributed by atoms with Gasteiger partial charge in [0.2, 0.25) is 0 Å². The summed E-state index contributed by atoms with van der Waals surface area (Å²) in [7, 11) is 4.09. The van der Waals surface area contributed by atoms with Gasteiger partial charge in [-0.25, -0.2) is 0 Å². The maximum atomic E-state index is 4.26. The molecule has 0 spiro atoms. The summed E-state index contributed by atoms with van der Waals surface area (Å²) in [6, 6.07) is 0.807. The van der Waals surface area contributed by atoms with Gasteiger partial charge in [-0.2, -0.15) is 0 Å². The van der Waals surface area contributed by atoms with E-state index >= 15 is 0 Å². The van der Waals surface area contributed by atoms with E-state index in [0.717, 1.165) is 31.6 Å². The van der Waals surface area contributed by atoms with Gasteiger partial charge in [-0.05, 0) is 26.3 Å². The highest BCUT2D eigenvalue weighted by Gasteiger charge is 2.18. The largest absolute Gasteiger partial charge is 0.356 e. The van der Waals surface area contributed by atoms with E-state index in [4.69, 9.17) is 0 Å². The van der Waals surface area contributed by atoms with Crippen LogP contribution in [-0.2, 0) is 0 Å². The van der Waals surface area contributed by atoms with Crippen LogP contribution in [-0.4, -0.2) is 50.6 Å². The Bertz CT molecular complexity index is 252. The molecule has 0 atom stereocenters. The van der Waals surface area contributed by atoms with Gasteiger partial charge in [-0.3, -0.25) is 4.99 Å². The molecule has 1 aliphatic rings. The molecule has 0 saturated heterocycles. The molecule has 0 aromatic heterocycles. The Hall–Kier alpha value is -0.0400. The topological polar surface area (TPSA) is 39.7 Å². The molecule has 20 heavy (non-hydrogen) atoms. The molecule has 120 valence electrons. The first-order chi connectivity index (χ1) is 9.27. The average Bonchev–Trinajstić information content (AvgIpc) is 2.95. The summed E-state index contributed by atoms with van der Waals surface area (Å²) < 4.78 is 0. The second-order valence-corrected chi connectivity index (χ2v) is 5.55. The van der Waals surface area contributed by atoms with Crippen molar-refractivity contribution in [2.75, 3.05) is 33.7 Å². The number of nitrogens with one attached hydrogen (secondary N) is 2. The Morgan fingerprint density at radius 2 is 1.80 bits per heavy atom. The van der Waals surface area contributed by atoms with Crippen LogP contribution in [0.1, 0.15) is 51.9 Å². The van der Waals surface area contributed by atoms with Crippen LogP contribution in [0.15, 0.2) is 4.99 Å². The van der Waals surface area contributed by atoms with E-state index in [1.165, 1.54) is 44.9 Å². The van der Waals surface area contributed by atoms with Crippen molar-refractivity contribution in [3.05, 3.63) is 0 Å². The van der Waals surface area contributed by atoms with Gasteiger partial charge in [0.05, 0.1) is 0 Å². The predicted octanol–water partition coefficient (Wildman–Crippen LogP) is 2.83. The second kappa shape index (κ2) is 12.7. The Labute approximate surface area is 142 Å². The summed E-state index contributed by atoms with van der Waals surface area (Å²) in [6.45, 7) is 5.32. The maximum absolute atomic E-state index is 4.26. The smallest absolute Gasteiger partial charge is 0.191 e. The average molecular weight is 396 g/mol. The van der Waals surface area contributed by atoms with Crippen LogP contribution in [0, 0.1) is 0 Å². The van der Waals surface area contributed by atoms with Gasteiger partial charge in [0.15, 0.2) is 5.96 Å². The highest BCUT2D eigenvalue weighted by Crippen LogP contribution is 2.21. The van der Waals surface area contributed by atoms with Gasteiger partial charge in [-0.15, -0.1) is 24.0 Å². The van der Waals surface area contributed by atoms with E-state index in [-0.39, 0.29) is 24.0 Å². The van der Waals surface area contributed by atoms with Gasteiger partial charge < -0.3 is 15.5 Å². The third kappa shape index (κ3) is 8.29. The van der Waals surface area contributed by atoms with Crippen LogP contribution in [0.25, 0.3) is 0 Å². The summed E-state index contributed by atoms with van der Waals surface area (Å²) in [5.41, 5.74) is 0. The van der Waals surface area contributed by atoms with Crippen LogP contribution in [0.4, 0.5) is 0 Å². The van der Waals surface area contributed by atoms with Crippen molar-refractivity contribution in [1.82, 2.24) is 15.5 Å². The molecule has 0 heterocycles. The molecule has 0 unspecified atom stereocenters. The molecule has 5 heteroatoms. The molecule has 1 rings (SSSR count).